The molecule has 4 rings (SSSR count). The average Bonchev–Trinajstić information content (AvgIpc) is 3.21. The fourth-order valence-corrected chi connectivity index (χ4v) is 4.93. The number of aromatic amines is 1. The molecule has 2 aromatic rings. The van der Waals surface area contributed by atoms with Gasteiger partial charge in [0.05, 0.1) is 6.61 Å². The van der Waals surface area contributed by atoms with E-state index in [9.17, 15) is 4.79 Å². The number of fused-ring (bicyclic) bond motifs is 1. The number of rotatable bonds is 6. The van der Waals surface area contributed by atoms with Crippen molar-refractivity contribution in [3.05, 3.63) is 35.5 Å². The van der Waals surface area contributed by atoms with E-state index in [0.717, 1.165) is 63.5 Å². The van der Waals surface area contributed by atoms with Crippen LogP contribution in [0.2, 0.25) is 0 Å². The summed E-state index contributed by atoms with van der Waals surface area (Å²) < 4.78 is 5.21. The Balaban J connectivity index is 1.41. The molecule has 0 spiro atoms. The Morgan fingerprint density at radius 2 is 1.87 bits per heavy atom. The summed E-state index contributed by atoms with van der Waals surface area (Å²) in [6, 6.07) is 6.76. The number of ether oxygens (including phenoxy) is 1. The van der Waals surface area contributed by atoms with Gasteiger partial charge < -0.3 is 19.5 Å². The first-order valence-electron chi connectivity index (χ1n) is 11.4. The Bertz CT molecular complexity index is 846. The zero-order valence-electron chi connectivity index (χ0n) is 18.7. The van der Waals surface area contributed by atoms with E-state index < -0.39 is 0 Å². The van der Waals surface area contributed by atoms with Gasteiger partial charge in [0.2, 0.25) is 0 Å². The molecule has 0 bridgehead atoms. The second-order valence-corrected chi connectivity index (χ2v) is 9.04. The number of nitrogens with one attached hydrogen (secondary N) is 1. The van der Waals surface area contributed by atoms with Crippen LogP contribution in [0, 0.1) is 0 Å². The number of H-pyrrole nitrogens is 1. The van der Waals surface area contributed by atoms with Gasteiger partial charge in [-0.25, -0.2) is 0 Å². The molecule has 0 aliphatic carbocycles. The minimum Gasteiger partial charge on any atom is -0.383 e. The van der Waals surface area contributed by atoms with Crippen LogP contribution in [0.1, 0.15) is 48.5 Å². The second kappa shape index (κ2) is 9.50. The second-order valence-electron chi connectivity index (χ2n) is 9.04. The number of carbonyl (C=O) groups is 1. The van der Waals surface area contributed by atoms with Crippen molar-refractivity contribution in [2.75, 3.05) is 59.5 Å². The standard InChI is InChI=1S/C24H36N4O2/c1-18(2)27-10-12-28(13-11-27)24(29)20-4-5-21-22(17-25-23(21)16-20)19-6-8-26(9-7-19)14-15-30-3/h4-5,16-19,25H,6-15H2,1-3H3. The van der Waals surface area contributed by atoms with Crippen molar-refractivity contribution in [2.24, 2.45) is 0 Å². The van der Waals surface area contributed by atoms with Gasteiger partial charge in [0.15, 0.2) is 0 Å². The van der Waals surface area contributed by atoms with Crippen molar-refractivity contribution in [3.63, 3.8) is 0 Å². The fraction of sp³-hybridized carbons (Fsp3) is 0.625. The number of nitrogens with zero attached hydrogens (tertiary/aromatic N) is 3. The Morgan fingerprint density at radius 1 is 1.13 bits per heavy atom. The summed E-state index contributed by atoms with van der Waals surface area (Å²) in [6.07, 6.45) is 4.52. The maximum absolute atomic E-state index is 13.0. The molecule has 164 valence electrons. The number of aromatic nitrogens is 1. The molecule has 1 aromatic carbocycles. The first kappa shape index (κ1) is 21.3. The molecule has 2 aliphatic rings. The van der Waals surface area contributed by atoms with E-state index in [1.807, 2.05) is 17.0 Å². The van der Waals surface area contributed by atoms with Crippen molar-refractivity contribution >= 4 is 16.8 Å². The Morgan fingerprint density at radius 3 is 2.53 bits per heavy atom. The molecule has 6 nitrogen and oxygen atoms in total. The van der Waals surface area contributed by atoms with E-state index in [0.29, 0.717) is 12.0 Å². The van der Waals surface area contributed by atoms with Gasteiger partial charge in [0, 0.05) is 68.5 Å². The lowest BCUT2D eigenvalue weighted by Gasteiger charge is -2.37. The lowest BCUT2D eigenvalue weighted by atomic mass is 9.89. The highest BCUT2D eigenvalue weighted by atomic mass is 16.5. The van der Waals surface area contributed by atoms with Crippen LogP contribution in [0.25, 0.3) is 10.9 Å². The molecular formula is C24H36N4O2. The van der Waals surface area contributed by atoms with Crippen LogP contribution < -0.4 is 0 Å². The summed E-state index contributed by atoms with van der Waals surface area (Å²) in [5.41, 5.74) is 3.28. The van der Waals surface area contributed by atoms with Gasteiger partial charge in [-0.05, 0) is 63.4 Å². The summed E-state index contributed by atoms with van der Waals surface area (Å²) in [5.74, 6) is 0.742. The highest BCUT2D eigenvalue weighted by Crippen LogP contribution is 2.33. The van der Waals surface area contributed by atoms with Crippen LogP contribution in [0.4, 0.5) is 0 Å². The lowest BCUT2D eigenvalue weighted by molar-refractivity contribution is 0.0595. The number of benzene rings is 1. The van der Waals surface area contributed by atoms with E-state index in [1.165, 1.54) is 23.8 Å². The molecule has 2 aliphatic heterocycles. The van der Waals surface area contributed by atoms with Gasteiger partial charge in [-0.15, -0.1) is 0 Å². The molecule has 2 fully saturated rings. The highest BCUT2D eigenvalue weighted by molar-refractivity contribution is 5.98. The van der Waals surface area contributed by atoms with Gasteiger partial charge in [0.25, 0.3) is 5.91 Å². The molecule has 1 aromatic heterocycles. The fourth-order valence-electron chi connectivity index (χ4n) is 4.93. The van der Waals surface area contributed by atoms with E-state index in [2.05, 4.69) is 40.9 Å². The SMILES string of the molecule is COCCN1CCC(c2c[nH]c3cc(C(=O)N4CCN(C(C)C)CC4)ccc23)CC1. The lowest BCUT2D eigenvalue weighted by Crippen LogP contribution is -2.50. The summed E-state index contributed by atoms with van der Waals surface area (Å²) in [7, 11) is 1.77. The van der Waals surface area contributed by atoms with Crippen molar-refractivity contribution in [3.8, 4) is 0 Å². The summed E-state index contributed by atoms with van der Waals surface area (Å²) in [6.45, 7) is 12.1. The number of carbonyl (C=O) groups excluding carboxylic acids is 1. The third kappa shape index (κ3) is 4.56. The molecule has 1 N–H and O–H groups in total. The molecule has 1 amide bonds. The monoisotopic (exact) mass is 412 g/mol. The molecule has 30 heavy (non-hydrogen) atoms. The molecule has 0 unspecified atom stereocenters. The van der Waals surface area contributed by atoms with E-state index in [4.69, 9.17) is 4.74 Å². The predicted molar refractivity (Wildman–Crippen MR) is 121 cm³/mol. The number of hydrogen-bond donors (Lipinski definition) is 1. The topological polar surface area (TPSA) is 51.8 Å². The van der Waals surface area contributed by atoms with Gasteiger partial charge >= 0.3 is 0 Å². The molecule has 0 atom stereocenters. The van der Waals surface area contributed by atoms with Crippen LogP contribution in [0.15, 0.2) is 24.4 Å². The maximum atomic E-state index is 13.0. The van der Waals surface area contributed by atoms with Crippen LogP contribution in [-0.4, -0.2) is 91.2 Å². The van der Waals surface area contributed by atoms with Gasteiger partial charge in [-0.1, -0.05) is 6.07 Å². The zero-order chi connectivity index (χ0) is 21.1. The van der Waals surface area contributed by atoms with Gasteiger partial charge in [-0.3, -0.25) is 9.69 Å². The van der Waals surface area contributed by atoms with E-state index in [-0.39, 0.29) is 5.91 Å². The van der Waals surface area contributed by atoms with Crippen molar-refractivity contribution < 1.29 is 9.53 Å². The Hall–Kier alpha value is -1.89. The number of hydrogen-bond acceptors (Lipinski definition) is 4. The molecule has 3 heterocycles. The maximum Gasteiger partial charge on any atom is 0.254 e. The number of likely N-dealkylation sites (tertiary alicyclic amines) is 1. The zero-order valence-corrected chi connectivity index (χ0v) is 18.7. The molecule has 6 heteroatoms. The van der Waals surface area contributed by atoms with Crippen LogP contribution in [0.3, 0.4) is 0 Å². The van der Waals surface area contributed by atoms with Crippen molar-refractivity contribution in [1.29, 1.82) is 0 Å². The minimum absolute atomic E-state index is 0.155. The predicted octanol–water partition coefficient (Wildman–Crippen LogP) is 3.16. The molecule has 0 radical (unpaired) electrons. The third-order valence-corrected chi connectivity index (χ3v) is 6.93. The number of piperidine rings is 1. The normalized spacial score (nSPS) is 19.8. The van der Waals surface area contributed by atoms with Crippen LogP contribution in [-0.2, 0) is 4.74 Å². The van der Waals surface area contributed by atoms with Crippen molar-refractivity contribution in [2.45, 2.75) is 38.6 Å². The summed E-state index contributed by atoms with van der Waals surface area (Å²) >= 11 is 0. The summed E-state index contributed by atoms with van der Waals surface area (Å²) in [4.78, 5) is 23.4. The summed E-state index contributed by atoms with van der Waals surface area (Å²) in [5, 5.41) is 1.27. The first-order chi connectivity index (χ1) is 14.6. The van der Waals surface area contributed by atoms with Gasteiger partial charge in [-0.2, -0.15) is 0 Å². The molecule has 2 saturated heterocycles. The van der Waals surface area contributed by atoms with E-state index in [1.54, 1.807) is 7.11 Å². The smallest absolute Gasteiger partial charge is 0.254 e. The third-order valence-electron chi connectivity index (χ3n) is 6.93. The van der Waals surface area contributed by atoms with Crippen LogP contribution >= 0.6 is 0 Å². The van der Waals surface area contributed by atoms with E-state index >= 15 is 0 Å². The van der Waals surface area contributed by atoms with Crippen molar-refractivity contribution in [1.82, 2.24) is 19.7 Å². The number of amides is 1. The highest BCUT2D eigenvalue weighted by Gasteiger charge is 2.25. The molecule has 0 saturated carbocycles. The minimum atomic E-state index is 0.155. The average molecular weight is 413 g/mol. The van der Waals surface area contributed by atoms with Crippen LogP contribution in [0.5, 0.6) is 0 Å². The largest absolute Gasteiger partial charge is 0.383 e. The Kier molecular flexibility index (Phi) is 6.76. The molecular weight excluding hydrogens is 376 g/mol. The van der Waals surface area contributed by atoms with Gasteiger partial charge in [0.1, 0.15) is 0 Å². The Labute approximate surface area is 180 Å². The number of methoxy groups -OCH3 is 1. The quantitative estimate of drug-likeness (QED) is 0.792. The number of piperazine rings is 1. The first-order valence-corrected chi connectivity index (χ1v) is 11.4.